The van der Waals surface area contributed by atoms with Gasteiger partial charge in [0.05, 0.1) is 10.4 Å². The topological polar surface area (TPSA) is 97.1 Å². The van der Waals surface area contributed by atoms with E-state index in [9.17, 15) is 13.2 Å². The van der Waals surface area contributed by atoms with E-state index in [1.54, 1.807) is 31.6 Å². The number of fused-ring (bicyclic) bond motifs is 1. The predicted octanol–water partition coefficient (Wildman–Crippen LogP) is 0.938. The monoisotopic (exact) mass is 307 g/mol. The molecule has 1 aromatic carbocycles. The molecular weight excluding hydrogens is 294 g/mol. The second-order valence-electron chi connectivity index (χ2n) is 4.60. The molecule has 3 aromatic rings. The lowest BCUT2D eigenvalue weighted by molar-refractivity contribution is 0.527. The van der Waals surface area contributed by atoms with Crippen molar-refractivity contribution in [1.82, 2.24) is 14.3 Å². The number of sulfonamides is 1. The molecule has 0 aliphatic rings. The molecule has 0 amide bonds. The van der Waals surface area contributed by atoms with Gasteiger partial charge in [0.2, 0.25) is 10.0 Å². The van der Waals surface area contributed by atoms with Gasteiger partial charge in [0.15, 0.2) is 5.58 Å². The van der Waals surface area contributed by atoms with Crippen LogP contribution in [-0.2, 0) is 23.6 Å². The fourth-order valence-corrected chi connectivity index (χ4v) is 3.04. The molecule has 2 heterocycles. The van der Waals surface area contributed by atoms with Crippen molar-refractivity contribution >= 4 is 21.1 Å². The van der Waals surface area contributed by atoms with E-state index in [1.807, 2.05) is 0 Å². The zero-order valence-corrected chi connectivity index (χ0v) is 12.0. The van der Waals surface area contributed by atoms with Gasteiger partial charge in [-0.05, 0) is 23.8 Å². The van der Waals surface area contributed by atoms with Crippen molar-refractivity contribution < 1.29 is 12.8 Å². The second-order valence-corrected chi connectivity index (χ2v) is 6.37. The molecule has 0 radical (unpaired) electrons. The van der Waals surface area contributed by atoms with Gasteiger partial charge in [0, 0.05) is 32.1 Å². The number of aromatic amines is 1. The van der Waals surface area contributed by atoms with Crippen molar-refractivity contribution in [2.45, 2.75) is 11.4 Å². The van der Waals surface area contributed by atoms with Crippen LogP contribution in [0.1, 0.15) is 5.56 Å². The maximum Gasteiger partial charge on any atom is 0.419 e. The summed E-state index contributed by atoms with van der Waals surface area (Å²) in [4.78, 5) is 14.3. The number of oxazole rings is 1. The Hall–Kier alpha value is -2.32. The number of H-pyrrole nitrogens is 1. The Morgan fingerprint density at radius 3 is 2.86 bits per heavy atom. The average Bonchev–Trinajstić information content (AvgIpc) is 3.06. The first kappa shape index (κ1) is 13.7. The number of nitrogens with zero attached hydrogens (tertiary/aromatic N) is 1. The summed E-state index contributed by atoms with van der Waals surface area (Å²) in [7, 11) is -2.10. The molecule has 0 bridgehead atoms. The van der Waals surface area contributed by atoms with Crippen molar-refractivity contribution in [3.63, 3.8) is 0 Å². The van der Waals surface area contributed by atoms with Gasteiger partial charge in [-0.2, -0.15) is 0 Å². The molecule has 0 fully saturated rings. The van der Waals surface area contributed by atoms with Crippen LogP contribution in [0, 0.1) is 0 Å². The fraction of sp³-hybridized carbons (Fsp3) is 0.154. The lowest BCUT2D eigenvalue weighted by Crippen LogP contribution is -2.22. The molecule has 2 aromatic heterocycles. The number of hydrogen-bond donors (Lipinski definition) is 2. The van der Waals surface area contributed by atoms with E-state index in [0.29, 0.717) is 5.52 Å². The van der Waals surface area contributed by atoms with Gasteiger partial charge < -0.3 is 9.40 Å². The zero-order valence-electron chi connectivity index (χ0n) is 11.2. The van der Waals surface area contributed by atoms with E-state index in [0.717, 1.165) is 5.56 Å². The number of hydrogen-bond acceptors (Lipinski definition) is 4. The van der Waals surface area contributed by atoms with E-state index < -0.39 is 15.8 Å². The van der Waals surface area contributed by atoms with Crippen molar-refractivity contribution in [3.05, 3.63) is 52.8 Å². The molecule has 2 N–H and O–H groups in total. The van der Waals surface area contributed by atoms with Crippen LogP contribution in [0.2, 0.25) is 0 Å². The first-order valence-corrected chi connectivity index (χ1v) is 7.66. The average molecular weight is 307 g/mol. The summed E-state index contributed by atoms with van der Waals surface area (Å²) >= 11 is 0. The molecule has 0 saturated carbocycles. The Morgan fingerprint density at radius 2 is 2.14 bits per heavy atom. The third kappa shape index (κ3) is 2.50. The van der Waals surface area contributed by atoms with E-state index in [-0.39, 0.29) is 17.0 Å². The number of benzene rings is 1. The molecule has 0 aliphatic carbocycles. The molecule has 0 spiro atoms. The summed E-state index contributed by atoms with van der Waals surface area (Å²) in [6, 6.07) is 6.11. The van der Waals surface area contributed by atoms with Gasteiger partial charge >= 0.3 is 5.76 Å². The van der Waals surface area contributed by atoms with Gasteiger partial charge in [-0.3, -0.25) is 4.57 Å². The summed E-state index contributed by atoms with van der Waals surface area (Å²) in [6.45, 7) is 0.183. The lowest BCUT2D eigenvalue weighted by atomic mass is 10.3. The third-order valence-electron chi connectivity index (χ3n) is 3.20. The van der Waals surface area contributed by atoms with Crippen LogP contribution in [0.5, 0.6) is 0 Å². The third-order valence-corrected chi connectivity index (χ3v) is 4.60. The van der Waals surface area contributed by atoms with Crippen LogP contribution in [-0.4, -0.2) is 18.0 Å². The van der Waals surface area contributed by atoms with Crippen LogP contribution in [0.15, 0.2) is 50.8 Å². The van der Waals surface area contributed by atoms with E-state index >= 15 is 0 Å². The standard InChI is InChI=1S/C13H13N3O4S/c1-16-11-3-2-10(6-12(11)20-13(16)17)21(18,19)15-8-9-4-5-14-7-9/h2-7,14-15H,8H2,1H3. The Balaban J connectivity index is 1.93. The van der Waals surface area contributed by atoms with Crippen molar-refractivity contribution in [1.29, 1.82) is 0 Å². The van der Waals surface area contributed by atoms with E-state index in [4.69, 9.17) is 4.42 Å². The first-order chi connectivity index (χ1) is 9.97. The zero-order chi connectivity index (χ0) is 15.0. The fourth-order valence-electron chi connectivity index (χ4n) is 2.01. The van der Waals surface area contributed by atoms with Gasteiger partial charge in [0.25, 0.3) is 0 Å². The first-order valence-electron chi connectivity index (χ1n) is 6.18. The van der Waals surface area contributed by atoms with E-state index in [1.165, 1.54) is 16.7 Å². The Kier molecular flexibility index (Phi) is 3.19. The maximum absolute atomic E-state index is 12.2. The minimum Gasteiger partial charge on any atom is -0.408 e. The molecule has 110 valence electrons. The van der Waals surface area contributed by atoms with Crippen LogP contribution in [0.25, 0.3) is 11.1 Å². The minimum atomic E-state index is -3.67. The molecule has 0 atom stereocenters. The van der Waals surface area contributed by atoms with Crippen LogP contribution in [0.3, 0.4) is 0 Å². The minimum absolute atomic E-state index is 0.0554. The SMILES string of the molecule is Cn1c(=O)oc2cc(S(=O)(=O)NCc3cc[nH]c3)ccc21. The smallest absolute Gasteiger partial charge is 0.408 e. The normalized spacial score (nSPS) is 12.0. The number of rotatable bonds is 4. The second kappa shape index (κ2) is 4.90. The Morgan fingerprint density at radius 1 is 1.33 bits per heavy atom. The summed E-state index contributed by atoms with van der Waals surface area (Å²) < 4.78 is 33.2. The number of aryl methyl sites for hydroxylation is 1. The predicted molar refractivity (Wildman–Crippen MR) is 76.3 cm³/mol. The highest BCUT2D eigenvalue weighted by molar-refractivity contribution is 7.89. The molecule has 21 heavy (non-hydrogen) atoms. The van der Waals surface area contributed by atoms with Crippen molar-refractivity contribution in [3.8, 4) is 0 Å². The largest absolute Gasteiger partial charge is 0.419 e. The lowest BCUT2D eigenvalue weighted by Gasteiger charge is -2.05. The number of aromatic nitrogens is 2. The van der Waals surface area contributed by atoms with Crippen LogP contribution < -0.4 is 10.5 Å². The highest BCUT2D eigenvalue weighted by atomic mass is 32.2. The maximum atomic E-state index is 12.2. The quantitative estimate of drug-likeness (QED) is 0.749. The molecule has 0 unspecified atom stereocenters. The number of nitrogens with one attached hydrogen (secondary N) is 2. The Labute approximate surface area is 120 Å². The van der Waals surface area contributed by atoms with Gasteiger partial charge in [-0.25, -0.2) is 17.9 Å². The summed E-state index contributed by atoms with van der Waals surface area (Å²) in [5, 5.41) is 0. The highest BCUT2D eigenvalue weighted by Gasteiger charge is 2.16. The summed E-state index contributed by atoms with van der Waals surface area (Å²) in [6.07, 6.45) is 3.43. The van der Waals surface area contributed by atoms with Crippen LogP contribution >= 0.6 is 0 Å². The Bertz CT molecular complexity index is 936. The van der Waals surface area contributed by atoms with E-state index in [2.05, 4.69) is 9.71 Å². The van der Waals surface area contributed by atoms with Crippen molar-refractivity contribution in [2.24, 2.45) is 7.05 Å². The van der Waals surface area contributed by atoms with Gasteiger partial charge in [-0.1, -0.05) is 0 Å². The molecule has 3 rings (SSSR count). The van der Waals surface area contributed by atoms with Gasteiger partial charge in [0.1, 0.15) is 0 Å². The summed E-state index contributed by atoms with van der Waals surface area (Å²) in [5.41, 5.74) is 1.61. The van der Waals surface area contributed by atoms with Gasteiger partial charge in [-0.15, -0.1) is 0 Å². The molecule has 7 nitrogen and oxygen atoms in total. The molecule has 8 heteroatoms. The molecule has 0 saturated heterocycles. The highest BCUT2D eigenvalue weighted by Crippen LogP contribution is 2.18. The van der Waals surface area contributed by atoms with Crippen LogP contribution in [0.4, 0.5) is 0 Å². The molecular formula is C13H13N3O4S. The molecule has 0 aliphatic heterocycles. The van der Waals surface area contributed by atoms with Crippen molar-refractivity contribution in [2.75, 3.05) is 0 Å². The summed E-state index contributed by atoms with van der Waals surface area (Å²) in [5.74, 6) is -0.528.